The molecule has 2 aromatic rings. The van der Waals surface area contributed by atoms with Gasteiger partial charge >= 0.3 is 0 Å². The molecule has 0 amide bonds. The van der Waals surface area contributed by atoms with Crippen LogP contribution >= 0.6 is 17.0 Å². The number of benzene rings is 1. The Bertz CT molecular complexity index is 479. The summed E-state index contributed by atoms with van der Waals surface area (Å²) in [5.41, 5.74) is 1.94. The van der Waals surface area contributed by atoms with Crippen molar-refractivity contribution in [2.45, 2.75) is 13.5 Å². The van der Waals surface area contributed by atoms with E-state index < -0.39 is 0 Å². The molecule has 0 spiro atoms. The van der Waals surface area contributed by atoms with E-state index in [1.165, 1.54) is 5.56 Å². The average Bonchev–Trinajstić information content (AvgIpc) is 2.31. The fourth-order valence-corrected chi connectivity index (χ4v) is 1.54. The van der Waals surface area contributed by atoms with Gasteiger partial charge in [-0.05, 0) is 6.92 Å². The van der Waals surface area contributed by atoms with Gasteiger partial charge in [0.15, 0.2) is 12.4 Å². The number of nitrogens with zero attached hydrogens (tertiary/aromatic N) is 1. The maximum absolute atomic E-state index is 11.9. The molecule has 0 saturated carbocycles. The third-order valence-electron chi connectivity index (χ3n) is 2.48. The second-order valence-corrected chi connectivity index (χ2v) is 3.84. The van der Waals surface area contributed by atoms with Gasteiger partial charge in [0.25, 0.3) is 0 Å². The van der Waals surface area contributed by atoms with E-state index in [0.29, 0.717) is 6.54 Å². The Morgan fingerprint density at radius 2 is 1.65 bits per heavy atom. The highest BCUT2D eigenvalue weighted by Gasteiger charge is 2.10. The average molecular weight is 293 g/mol. The smallest absolute Gasteiger partial charge is 0.227 e. The molecule has 0 atom stereocenters. The van der Waals surface area contributed by atoms with E-state index in [0.717, 1.165) is 5.56 Å². The minimum atomic E-state index is 0. The normalized spacial score (nSPS) is 9.47. The zero-order valence-electron chi connectivity index (χ0n) is 9.67. The molecule has 1 aromatic carbocycles. The molecule has 17 heavy (non-hydrogen) atoms. The summed E-state index contributed by atoms with van der Waals surface area (Å²) in [6, 6.07) is 13.5. The van der Waals surface area contributed by atoms with Gasteiger partial charge in [0.05, 0.1) is 0 Å². The first-order valence-electron chi connectivity index (χ1n) is 5.30. The summed E-state index contributed by atoms with van der Waals surface area (Å²) in [6.45, 7) is 2.41. The van der Waals surface area contributed by atoms with Crippen molar-refractivity contribution in [3.63, 3.8) is 0 Å². The van der Waals surface area contributed by atoms with E-state index in [1.807, 2.05) is 66.3 Å². The van der Waals surface area contributed by atoms with Crippen molar-refractivity contribution >= 4 is 22.8 Å². The Labute approximate surface area is 112 Å². The summed E-state index contributed by atoms with van der Waals surface area (Å²) >= 11 is 0. The van der Waals surface area contributed by atoms with Crippen LogP contribution in [-0.2, 0) is 6.54 Å². The number of carbonyl (C=O) groups excluding carboxylic acids is 1. The molecule has 0 bridgehead atoms. The molecule has 0 aliphatic heterocycles. The maximum Gasteiger partial charge on any atom is 0.227 e. The van der Waals surface area contributed by atoms with Crippen molar-refractivity contribution in [2.24, 2.45) is 0 Å². The molecule has 3 heteroatoms. The van der Waals surface area contributed by atoms with Gasteiger partial charge in [0.2, 0.25) is 12.3 Å². The molecule has 1 aromatic heterocycles. The third-order valence-corrected chi connectivity index (χ3v) is 2.48. The number of pyridine rings is 1. The van der Waals surface area contributed by atoms with Gasteiger partial charge in [-0.3, -0.25) is 4.79 Å². The number of rotatable bonds is 3. The van der Waals surface area contributed by atoms with Gasteiger partial charge in [0, 0.05) is 17.7 Å². The number of hydrogen-bond acceptors (Lipinski definition) is 1. The second-order valence-electron chi connectivity index (χ2n) is 3.84. The van der Waals surface area contributed by atoms with Crippen molar-refractivity contribution in [3.8, 4) is 0 Å². The van der Waals surface area contributed by atoms with Crippen LogP contribution in [0.15, 0.2) is 54.9 Å². The van der Waals surface area contributed by atoms with Gasteiger partial charge < -0.3 is 0 Å². The zero-order valence-corrected chi connectivity index (χ0v) is 11.4. The first-order chi connectivity index (χ1) is 7.75. The fourth-order valence-electron chi connectivity index (χ4n) is 1.54. The zero-order chi connectivity index (χ0) is 11.4. The van der Waals surface area contributed by atoms with Crippen LogP contribution in [-0.4, -0.2) is 5.78 Å². The molecule has 1 heterocycles. The van der Waals surface area contributed by atoms with Crippen molar-refractivity contribution in [2.75, 3.05) is 0 Å². The van der Waals surface area contributed by atoms with Crippen LogP contribution in [0.25, 0.3) is 0 Å². The highest BCUT2D eigenvalue weighted by Crippen LogP contribution is 2.03. The van der Waals surface area contributed by atoms with E-state index in [4.69, 9.17) is 0 Å². The SMILES string of the molecule is Br.Cc1ccc(C(=O)C[n+]2ccccc2)cc1. The van der Waals surface area contributed by atoms with Crippen LogP contribution in [0.2, 0.25) is 0 Å². The number of aryl methyl sites for hydroxylation is 1. The molecule has 2 nitrogen and oxygen atoms in total. The van der Waals surface area contributed by atoms with Gasteiger partial charge in [-0.25, -0.2) is 0 Å². The molecule has 0 radical (unpaired) electrons. The number of carbonyl (C=O) groups is 1. The predicted molar refractivity (Wildman–Crippen MR) is 72.5 cm³/mol. The molecule has 0 saturated heterocycles. The largest absolute Gasteiger partial charge is 0.287 e. The quantitative estimate of drug-likeness (QED) is 0.629. The summed E-state index contributed by atoms with van der Waals surface area (Å²) < 4.78 is 1.88. The van der Waals surface area contributed by atoms with Crippen LogP contribution in [0.1, 0.15) is 15.9 Å². The summed E-state index contributed by atoms with van der Waals surface area (Å²) in [5, 5.41) is 0. The highest BCUT2D eigenvalue weighted by atomic mass is 79.9. The van der Waals surface area contributed by atoms with Crippen molar-refractivity contribution in [1.29, 1.82) is 0 Å². The first-order valence-corrected chi connectivity index (χ1v) is 5.30. The molecule has 2 rings (SSSR count). The van der Waals surface area contributed by atoms with Crippen LogP contribution in [0.4, 0.5) is 0 Å². The van der Waals surface area contributed by atoms with Gasteiger partial charge in [-0.2, -0.15) is 4.57 Å². The standard InChI is InChI=1S/C14H14NO.BrH/c1-12-5-7-13(8-6-12)14(16)11-15-9-3-2-4-10-15;/h2-10H,11H2,1H3;1H/q+1;. The summed E-state index contributed by atoms with van der Waals surface area (Å²) in [4.78, 5) is 11.9. The molecule has 0 unspecified atom stereocenters. The molecular weight excluding hydrogens is 278 g/mol. The number of Topliss-reactive ketones (excluding diaryl/α,β-unsaturated/α-hetero) is 1. The van der Waals surface area contributed by atoms with Crippen LogP contribution < -0.4 is 4.57 Å². The van der Waals surface area contributed by atoms with E-state index in [9.17, 15) is 4.79 Å². The third kappa shape index (κ3) is 3.79. The minimum absolute atomic E-state index is 0. The van der Waals surface area contributed by atoms with Crippen molar-refractivity contribution in [1.82, 2.24) is 0 Å². The number of ketones is 1. The molecular formula is C14H15BrNO+. The van der Waals surface area contributed by atoms with Crippen molar-refractivity contribution in [3.05, 3.63) is 66.0 Å². The fraction of sp³-hybridized carbons (Fsp3) is 0.143. The summed E-state index contributed by atoms with van der Waals surface area (Å²) in [6.07, 6.45) is 3.79. The Hall–Kier alpha value is -1.48. The number of halogens is 1. The van der Waals surface area contributed by atoms with Gasteiger partial charge in [-0.15, -0.1) is 17.0 Å². The van der Waals surface area contributed by atoms with E-state index in [2.05, 4.69) is 0 Å². The van der Waals surface area contributed by atoms with Crippen LogP contribution in [0, 0.1) is 6.92 Å². The monoisotopic (exact) mass is 292 g/mol. The van der Waals surface area contributed by atoms with Crippen LogP contribution in [0.3, 0.4) is 0 Å². The van der Waals surface area contributed by atoms with E-state index in [-0.39, 0.29) is 22.8 Å². The lowest BCUT2D eigenvalue weighted by Gasteiger charge is -1.98. The first kappa shape index (κ1) is 13.6. The second kappa shape index (κ2) is 6.30. The minimum Gasteiger partial charge on any atom is -0.287 e. The molecule has 0 fully saturated rings. The highest BCUT2D eigenvalue weighted by molar-refractivity contribution is 8.93. The van der Waals surface area contributed by atoms with Gasteiger partial charge in [-0.1, -0.05) is 35.9 Å². The molecule has 88 valence electrons. The van der Waals surface area contributed by atoms with Gasteiger partial charge in [0.1, 0.15) is 0 Å². The Balaban J connectivity index is 0.00000144. The Morgan fingerprint density at radius 3 is 2.24 bits per heavy atom. The lowest BCUT2D eigenvalue weighted by Crippen LogP contribution is -2.36. The topological polar surface area (TPSA) is 20.9 Å². The molecule has 0 aliphatic carbocycles. The Kier molecular flexibility index (Phi) is 5.04. The van der Waals surface area contributed by atoms with E-state index >= 15 is 0 Å². The van der Waals surface area contributed by atoms with Crippen molar-refractivity contribution < 1.29 is 9.36 Å². The molecule has 0 aliphatic rings. The predicted octanol–water partition coefficient (Wildman–Crippen LogP) is 2.74. The number of aromatic nitrogens is 1. The number of hydrogen-bond donors (Lipinski definition) is 0. The van der Waals surface area contributed by atoms with E-state index in [1.54, 1.807) is 0 Å². The maximum atomic E-state index is 11.9. The Morgan fingerprint density at radius 1 is 1.06 bits per heavy atom. The van der Waals surface area contributed by atoms with Crippen LogP contribution in [0.5, 0.6) is 0 Å². The molecule has 0 N–H and O–H groups in total. The summed E-state index contributed by atoms with van der Waals surface area (Å²) in [5.74, 6) is 0.135. The lowest BCUT2D eigenvalue weighted by molar-refractivity contribution is -0.683. The summed E-state index contributed by atoms with van der Waals surface area (Å²) in [7, 11) is 0. The lowest BCUT2D eigenvalue weighted by atomic mass is 10.1.